The molecule has 0 aliphatic carbocycles. The molecule has 0 fully saturated rings. The summed E-state index contributed by atoms with van der Waals surface area (Å²) in [6, 6.07) is 26.1. The van der Waals surface area contributed by atoms with Crippen LogP contribution in [0.15, 0.2) is 91.3 Å². The van der Waals surface area contributed by atoms with Crippen LogP contribution in [0.3, 0.4) is 0 Å². The summed E-state index contributed by atoms with van der Waals surface area (Å²) in [5.41, 5.74) is 7.21. The second kappa shape index (κ2) is 11.1. The number of aryl methyl sites for hydroxylation is 1. The summed E-state index contributed by atoms with van der Waals surface area (Å²) in [6.07, 6.45) is 3.68. The molecule has 0 spiro atoms. The maximum atomic E-state index is 12.1. The van der Waals surface area contributed by atoms with Gasteiger partial charge in [0, 0.05) is 24.5 Å². The molecule has 0 saturated carbocycles. The van der Waals surface area contributed by atoms with Gasteiger partial charge in [0.25, 0.3) is 5.91 Å². The summed E-state index contributed by atoms with van der Waals surface area (Å²) in [5, 5.41) is 2.77. The minimum absolute atomic E-state index is 0. The predicted molar refractivity (Wildman–Crippen MR) is 145 cm³/mol. The Morgan fingerprint density at radius 2 is 1.72 bits per heavy atom. The normalized spacial score (nSPS) is 10.6. The van der Waals surface area contributed by atoms with Crippen LogP contribution in [0.25, 0.3) is 28.0 Å². The van der Waals surface area contributed by atoms with E-state index in [4.69, 9.17) is 9.72 Å². The topological polar surface area (TPSA) is 68.5 Å². The Morgan fingerprint density at radius 3 is 2.47 bits per heavy atom. The Morgan fingerprint density at radius 1 is 0.944 bits per heavy atom. The van der Waals surface area contributed by atoms with E-state index in [1.807, 2.05) is 73.0 Å². The fourth-order valence-corrected chi connectivity index (χ4v) is 4.24. The number of fused-ring (bicyclic) bond motifs is 1. The van der Waals surface area contributed by atoms with Crippen LogP contribution >= 0.6 is 12.4 Å². The Labute approximate surface area is 216 Å². The van der Waals surface area contributed by atoms with Gasteiger partial charge in [-0.15, -0.1) is 12.4 Å². The molecule has 0 aliphatic heterocycles. The molecule has 6 nitrogen and oxygen atoms in total. The van der Waals surface area contributed by atoms with Crippen LogP contribution in [0, 0.1) is 6.92 Å². The van der Waals surface area contributed by atoms with Crippen molar-refractivity contribution in [2.45, 2.75) is 20.5 Å². The zero-order valence-electron chi connectivity index (χ0n) is 20.1. The van der Waals surface area contributed by atoms with Crippen molar-refractivity contribution in [3.05, 3.63) is 108 Å². The highest BCUT2D eigenvalue weighted by Crippen LogP contribution is 2.30. The molecule has 0 unspecified atom stereocenters. The first kappa shape index (κ1) is 24.9. The van der Waals surface area contributed by atoms with Crippen molar-refractivity contribution in [3.63, 3.8) is 0 Å². The summed E-state index contributed by atoms with van der Waals surface area (Å²) in [6.45, 7) is 4.84. The quantitative estimate of drug-likeness (QED) is 0.293. The van der Waals surface area contributed by atoms with E-state index in [1.165, 1.54) is 0 Å². The number of nitrogens with zero attached hydrogens (tertiary/aromatic N) is 3. The Balaban J connectivity index is 0.00000304. The number of carbonyl (C=O) groups excluding carboxylic acids is 1. The number of ether oxygens (including phenoxy) is 1. The lowest BCUT2D eigenvalue weighted by atomic mass is 10.0. The van der Waals surface area contributed by atoms with E-state index in [9.17, 15) is 4.79 Å². The largest absolute Gasteiger partial charge is 0.485 e. The van der Waals surface area contributed by atoms with Crippen LogP contribution in [0.5, 0.6) is 5.75 Å². The smallest absolute Gasteiger partial charge is 0.269 e. The van der Waals surface area contributed by atoms with Gasteiger partial charge in [-0.05, 0) is 54.8 Å². The van der Waals surface area contributed by atoms with Gasteiger partial charge < -0.3 is 10.1 Å². The lowest BCUT2D eigenvalue weighted by molar-refractivity contribution is 0.0951. The molecule has 0 saturated heterocycles. The number of aromatic nitrogens is 3. The molecule has 3 heterocycles. The first-order valence-electron chi connectivity index (χ1n) is 11.6. The van der Waals surface area contributed by atoms with Crippen molar-refractivity contribution >= 4 is 24.0 Å². The summed E-state index contributed by atoms with van der Waals surface area (Å²) in [4.78, 5) is 21.2. The highest BCUT2D eigenvalue weighted by Gasteiger charge is 2.16. The molecule has 2 aromatic carbocycles. The number of imidazole rings is 1. The second-order valence-corrected chi connectivity index (χ2v) is 8.22. The number of hydrogen-bond acceptors (Lipinski definition) is 4. The van der Waals surface area contributed by atoms with Crippen molar-refractivity contribution in [3.8, 4) is 28.1 Å². The van der Waals surface area contributed by atoms with Crippen molar-refractivity contribution < 1.29 is 9.53 Å². The average Bonchev–Trinajstić information content (AvgIpc) is 3.24. The SMILES string of the molecule is CCNC(=O)c1ccc(-c2c(C)nc3c(OCc4ccccc4-c4ccccc4)cccn23)cn1.Cl. The number of carbonyl (C=O) groups is 1. The zero-order valence-corrected chi connectivity index (χ0v) is 21.0. The second-order valence-electron chi connectivity index (χ2n) is 8.22. The summed E-state index contributed by atoms with van der Waals surface area (Å²) >= 11 is 0. The Bertz CT molecular complexity index is 1480. The molecule has 3 aromatic heterocycles. The van der Waals surface area contributed by atoms with Crippen molar-refractivity contribution in [2.75, 3.05) is 6.54 Å². The number of halogens is 1. The van der Waals surface area contributed by atoms with E-state index < -0.39 is 0 Å². The fraction of sp³-hybridized carbons (Fsp3) is 0.138. The summed E-state index contributed by atoms with van der Waals surface area (Å²) < 4.78 is 8.31. The number of amides is 1. The first-order chi connectivity index (χ1) is 17.2. The number of nitrogens with one attached hydrogen (secondary N) is 1. The van der Waals surface area contributed by atoms with Crippen LogP contribution < -0.4 is 10.1 Å². The molecule has 5 rings (SSSR count). The van der Waals surface area contributed by atoms with Crippen LogP contribution in [0.1, 0.15) is 28.7 Å². The Hall–Kier alpha value is -4.16. The van der Waals surface area contributed by atoms with E-state index in [0.29, 0.717) is 24.6 Å². The maximum Gasteiger partial charge on any atom is 0.269 e. The molecule has 5 aromatic rings. The minimum atomic E-state index is -0.180. The minimum Gasteiger partial charge on any atom is -0.485 e. The van der Waals surface area contributed by atoms with Gasteiger partial charge in [0.2, 0.25) is 0 Å². The van der Waals surface area contributed by atoms with Crippen LogP contribution in [-0.2, 0) is 6.61 Å². The zero-order chi connectivity index (χ0) is 24.2. The van der Waals surface area contributed by atoms with E-state index in [2.05, 4.69) is 34.6 Å². The predicted octanol–water partition coefficient (Wildman–Crippen LogP) is 6.12. The molecule has 36 heavy (non-hydrogen) atoms. The van der Waals surface area contributed by atoms with Crippen LogP contribution in [0.4, 0.5) is 0 Å². The summed E-state index contributed by atoms with van der Waals surface area (Å²) in [7, 11) is 0. The third kappa shape index (κ3) is 4.95. The highest BCUT2D eigenvalue weighted by atomic mass is 35.5. The molecule has 1 N–H and O–H groups in total. The van der Waals surface area contributed by atoms with Gasteiger partial charge in [-0.25, -0.2) is 4.98 Å². The molecule has 1 amide bonds. The third-order valence-corrected chi connectivity index (χ3v) is 5.88. The van der Waals surface area contributed by atoms with Gasteiger partial charge >= 0.3 is 0 Å². The number of benzene rings is 2. The molecule has 0 bridgehead atoms. The van der Waals surface area contributed by atoms with Gasteiger partial charge in [-0.1, -0.05) is 54.6 Å². The maximum absolute atomic E-state index is 12.1. The number of rotatable bonds is 7. The van der Waals surface area contributed by atoms with E-state index in [1.54, 1.807) is 12.3 Å². The molecule has 0 atom stereocenters. The van der Waals surface area contributed by atoms with Gasteiger partial charge in [0.1, 0.15) is 12.3 Å². The highest BCUT2D eigenvalue weighted by molar-refractivity contribution is 5.92. The monoisotopic (exact) mass is 498 g/mol. The molecule has 0 radical (unpaired) electrons. The van der Waals surface area contributed by atoms with Crippen LogP contribution in [0.2, 0.25) is 0 Å². The lowest BCUT2D eigenvalue weighted by Gasteiger charge is -2.12. The van der Waals surface area contributed by atoms with E-state index >= 15 is 0 Å². The van der Waals surface area contributed by atoms with Gasteiger partial charge in [-0.2, -0.15) is 0 Å². The molecule has 0 aliphatic rings. The van der Waals surface area contributed by atoms with Gasteiger partial charge in [0.15, 0.2) is 11.4 Å². The molecule has 182 valence electrons. The van der Waals surface area contributed by atoms with Crippen molar-refractivity contribution in [1.29, 1.82) is 0 Å². The molecule has 7 heteroatoms. The number of hydrogen-bond donors (Lipinski definition) is 1. The molecular weight excluding hydrogens is 472 g/mol. The van der Waals surface area contributed by atoms with E-state index in [-0.39, 0.29) is 18.3 Å². The standard InChI is InChI=1S/C29H26N4O2.ClH/c1-3-30-29(34)25-16-15-22(18-31-25)27-20(2)32-28-26(14-9-17-33(27)28)35-19-23-12-7-8-13-24(23)21-10-5-4-6-11-21;/h4-18H,3,19H2,1-2H3,(H,30,34);1H. The first-order valence-corrected chi connectivity index (χ1v) is 11.6. The third-order valence-electron chi connectivity index (χ3n) is 5.88. The Kier molecular flexibility index (Phi) is 7.66. The van der Waals surface area contributed by atoms with Crippen molar-refractivity contribution in [1.82, 2.24) is 19.7 Å². The van der Waals surface area contributed by atoms with Gasteiger partial charge in [0.05, 0.1) is 11.4 Å². The average molecular weight is 499 g/mol. The van der Waals surface area contributed by atoms with E-state index in [0.717, 1.165) is 39.3 Å². The molecular formula is C29H27ClN4O2. The number of pyridine rings is 2. The lowest BCUT2D eigenvalue weighted by Crippen LogP contribution is -2.23. The fourth-order valence-electron chi connectivity index (χ4n) is 4.24. The summed E-state index contributed by atoms with van der Waals surface area (Å²) in [5.74, 6) is 0.525. The van der Waals surface area contributed by atoms with Crippen molar-refractivity contribution in [2.24, 2.45) is 0 Å². The van der Waals surface area contributed by atoms with Crippen LogP contribution in [-0.4, -0.2) is 26.8 Å². The van der Waals surface area contributed by atoms with Gasteiger partial charge in [-0.3, -0.25) is 14.2 Å².